The van der Waals surface area contributed by atoms with Crippen molar-refractivity contribution in [1.82, 2.24) is 9.97 Å². The first-order valence-corrected chi connectivity index (χ1v) is 8.39. The van der Waals surface area contributed by atoms with Gasteiger partial charge in [-0.3, -0.25) is 0 Å². The molecule has 0 spiro atoms. The summed E-state index contributed by atoms with van der Waals surface area (Å²) in [4.78, 5) is 9.08. The van der Waals surface area contributed by atoms with Gasteiger partial charge >= 0.3 is 0 Å². The molecule has 0 saturated heterocycles. The standard InChI is InChI=1S/C16H24ClN3/c1-11-14(17)19-16(13-7-8-13)20-15(11)18-10-9-12-5-3-2-4-6-12/h12-13H,2-10H2,1H3,(H,18,19,20). The quantitative estimate of drug-likeness (QED) is 0.800. The van der Waals surface area contributed by atoms with Crippen LogP contribution in [0.25, 0.3) is 0 Å². The highest BCUT2D eigenvalue weighted by atomic mass is 35.5. The van der Waals surface area contributed by atoms with Crippen LogP contribution in [0.1, 0.15) is 68.7 Å². The van der Waals surface area contributed by atoms with Crippen LogP contribution >= 0.6 is 11.6 Å². The highest BCUT2D eigenvalue weighted by Crippen LogP contribution is 2.39. The van der Waals surface area contributed by atoms with E-state index in [0.29, 0.717) is 11.1 Å². The van der Waals surface area contributed by atoms with E-state index in [1.807, 2.05) is 6.92 Å². The van der Waals surface area contributed by atoms with Crippen molar-refractivity contribution in [2.24, 2.45) is 5.92 Å². The number of nitrogens with zero attached hydrogens (tertiary/aromatic N) is 2. The fourth-order valence-corrected chi connectivity index (χ4v) is 3.25. The molecule has 1 N–H and O–H groups in total. The molecule has 20 heavy (non-hydrogen) atoms. The largest absolute Gasteiger partial charge is 0.370 e. The van der Waals surface area contributed by atoms with Gasteiger partial charge in [-0.05, 0) is 32.1 Å². The minimum Gasteiger partial charge on any atom is -0.370 e. The molecule has 0 atom stereocenters. The Labute approximate surface area is 126 Å². The average Bonchev–Trinajstić information content (AvgIpc) is 3.29. The molecule has 110 valence electrons. The summed E-state index contributed by atoms with van der Waals surface area (Å²) in [5.41, 5.74) is 0.986. The van der Waals surface area contributed by atoms with Crippen LogP contribution in [-0.2, 0) is 0 Å². The molecule has 2 saturated carbocycles. The van der Waals surface area contributed by atoms with E-state index in [-0.39, 0.29) is 0 Å². The first kappa shape index (κ1) is 14.1. The van der Waals surface area contributed by atoms with Crippen LogP contribution in [0.4, 0.5) is 5.82 Å². The van der Waals surface area contributed by atoms with Gasteiger partial charge in [-0.2, -0.15) is 0 Å². The van der Waals surface area contributed by atoms with Gasteiger partial charge in [-0.25, -0.2) is 9.97 Å². The molecule has 2 aliphatic carbocycles. The predicted octanol–water partition coefficient (Wildman–Crippen LogP) is 4.70. The smallest absolute Gasteiger partial charge is 0.137 e. The summed E-state index contributed by atoms with van der Waals surface area (Å²) in [6, 6.07) is 0. The van der Waals surface area contributed by atoms with Gasteiger partial charge in [0.05, 0.1) is 0 Å². The van der Waals surface area contributed by atoms with Crippen LogP contribution < -0.4 is 5.32 Å². The van der Waals surface area contributed by atoms with E-state index in [4.69, 9.17) is 11.6 Å². The Morgan fingerprint density at radius 1 is 1.10 bits per heavy atom. The maximum Gasteiger partial charge on any atom is 0.137 e. The first-order valence-electron chi connectivity index (χ1n) is 8.02. The average molecular weight is 294 g/mol. The molecule has 0 bridgehead atoms. The number of hydrogen-bond acceptors (Lipinski definition) is 3. The van der Waals surface area contributed by atoms with Crippen molar-refractivity contribution < 1.29 is 0 Å². The van der Waals surface area contributed by atoms with Crippen LogP contribution in [0, 0.1) is 12.8 Å². The van der Waals surface area contributed by atoms with Gasteiger partial charge in [0.1, 0.15) is 16.8 Å². The van der Waals surface area contributed by atoms with Crippen LogP contribution in [0.5, 0.6) is 0 Å². The molecule has 3 rings (SSSR count). The molecular formula is C16H24ClN3. The van der Waals surface area contributed by atoms with Gasteiger partial charge in [0.15, 0.2) is 0 Å². The zero-order chi connectivity index (χ0) is 13.9. The molecule has 0 aromatic carbocycles. The molecule has 1 aromatic heterocycles. The molecule has 4 heteroatoms. The molecule has 0 amide bonds. The van der Waals surface area contributed by atoms with E-state index < -0.39 is 0 Å². The summed E-state index contributed by atoms with van der Waals surface area (Å²) >= 11 is 6.23. The molecule has 2 fully saturated rings. The zero-order valence-electron chi connectivity index (χ0n) is 12.3. The second kappa shape index (κ2) is 6.30. The van der Waals surface area contributed by atoms with Crippen molar-refractivity contribution in [3.05, 3.63) is 16.5 Å². The van der Waals surface area contributed by atoms with Gasteiger partial charge in [0.2, 0.25) is 0 Å². The predicted molar refractivity (Wildman–Crippen MR) is 83.4 cm³/mol. The van der Waals surface area contributed by atoms with Gasteiger partial charge in [-0.15, -0.1) is 0 Å². The zero-order valence-corrected chi connectivity index (χ0v) is 13.0. The number of hydrogen-bond donors (Lipinski definition) is 1. The number of nitrogens with one attached hydrogen (secondary N) is 1. The molecule has 3 nitrogen and oxygen atoms in total. The number of halogens is 1. The SMILES string of the molecule is Cc1c(Cl)nc(C2CC2)nc1NCCC1CCCCC1. The van der Waals surface area contributed by atoms with E-state index in [9.17, 15) is 0 Å². The molecule has 1 heterocycles. The molecule has 0 aliphatic heterocycles. The topological polar surface area (TPSA) is 37.8 Å². The van der Waals surface area contributed by atoms with Gasteiger partial charge in [0.25, 0.3) is 0 Å². The highest BCUT2D eigenvalue weighted by molar-refractivity contribution is 6.30. The first-order chi connectivity index (χ1) is 9.74. The normalized spacial score (nSPS) is 20.1. The summed E-state index contributed by atoms with van der Waals surface area (Å²) in [6.45, 7) is 3.00. The van der Waals surface area contributed by atoms with Gasteiger partial charge in [-0.1, -0.05) is 43.7 Å². The van der Waals surface area contributed by atoms with Crippen molar-refractivity contribution in [2.75, 3.05) is 11.9 Å². The van der Waals surface area contributed by atoms with Crippen molar-refractivity contribution >= 4 is 17.4 Å². The Bertz CT molecular complexity index is 465. The molecular weight excluding hydrogens is 270 g/mol. The second-order valence-electron chi connectivity index (χ2n) is 6.34. The summed E-state index contributed by atoms with van der Waals surface area (Å²) < 4.78 is 0. The van der Waals surface area contributed by atoms with E-state index in [2.05, 4.69) is 15.3 Å². The third-order valence-corrected chi connectivity index (χ3v) is 4.98. The van der Waals surface area contributed by atoms with Crippen LogP contribution in [0.3, 0.4) is 0 Å². The van der Waals surface area contributed by atoms with E-state index >= 15 is 0 Å². The third kappa shape index (κ3) is 3.43. The summed E-state index contributed by atoms with van der Waals surface area (Å²) in [6.07, 6.45) is 10.7. The van der Waals surface area contributed by atoms with Crippen LogP contribution in [0.15, 0.2) is 0 Å². The van der Waals surface area contributed by atoms with Crippen molar-refractivity contribution in [3.8, 4) is 0 Å². The lowest BCUT2D eigenvalue weighted by molar-refractivity contribution is 0.345. The molecule has 0 radical (unpaired) electrons. The fourth-order valence-electron chi connectivity index (χ4n) is 3.07. The highest BCUT2D eigenvalue weighted by Gasteiger charge is 2.28. The maximum absolute atomic E-state index is 6.23. The molecule has 1 aromatic rings. The van der Waals surface area contributed by atoms with Gasteiger partial charge < -0.3 is 5.32 Å². The summed E-state index contributed by atoms with van der Waals surface area (Å²) in [5.74, 6) is 3.33. The third-order valence-electron chi connectivity index (χ3n) is 4.62. The Kier molecular flexibility index (Phi) is 4.45. The minimum absolute atomic E-state index is 0.548. The van der Waals surface area contributed by atoms with Crippen LogP contribution in [0.2, 0.25) is 5.15 Å². The number of anilines is 1. The second-order valence-corrected chi connectivity index (χ2v) is 6.70. The lowest BCUT2D eigenvalue weighted by Gasteiger charge is -2.21. The monoisotopic (exact) mass is 293 g/mol. The van der Waals surface area contributed by atoms with E-state index in [0.717, 1.165) is 29.7 Å². The Balaban J connectivity index is 1.58. The number of rotatable bonds is 5. The van der Waals surface area contributed by atoms with Crippen molar-refractivity contribution in [2.45, 2.75) is 64.2 Å². The van der Waals surface area contributed by atoms with Crippen LogP contribution in [-0.4, -0.2) is 16.5 Å². The minimum atomic E-state index is 0.548. The molecule has 2 aliphatic rings. The Hall–Kier alpha value is -0.830. The summed E-state index contributed by atoms with van der Waals surface area (Å²) in [7, 11) is 0. The maximum atomic E-state index is 6.23. The Morgan fingerprint density at radius 2 is 1.85 bits per heavy atom. The van der Waals surface area contributed by atoms with Crippen molar-refractivity contribution in [3.63, 3.8) is 0 Å². The fraction of sp³-hybridized carbons (Fsp3) is 0.750. The lowest BCUT2D eigenvalue weighted by atomic mass is 9.87. The van der Waals surface area contributed by atoms with E-state index in [1.54, 1.807) is 0 Å². The lowest BCUT2D eigenvalue weighted by Crippen LogP contribution is -2.14. The number of aromatic nitrogens is 2. The van der Waals surface area contributed by atoms with Crippen molar-refractivity contribution in [1.29, 1.82) is 0 Å². The molecule has 0 unspecified atom stereocenters. The Morgan fingerprint density at radius 3 is 2.55 bits per heavy atom. The summed E-state index contributed by atoms with van der Waals surface area (Å²) in [5, 5.41) is 4.10. The van der Waals surface area contributed by atoms with Gasteiger partial charge in [0, 0.05) is 18.0 Å². The van der Waals surface area contributed by atoms with E-state index in [1.165, 1.54) is 51.4 Å².